The highest BCUT2D eigenvalue weighted by Crippen LogP contribution is 2.20. The van der Waals surface area contributed by atoms with Gasteiger partial charge in [0.15, 0.2) is 0 Å². The number of rotatable bonds is 1. The van der Waals surface area contributed by atoms with Gasteiger partial charge in [-0.15, -0.1) is 0 Å². The molecule has 1 rings (SSSR count). The van der Waals surface area contributed by atoms with Crippen LogP contribution in [0.2, 0.25) is 0 Å². The molecule has 2 heteroatoms. The lowest BCUT2D eigenvalue weighted by Gasteiger charge is -2.25. The van der Waals surface area contributed by atoms with Crippen molar-refractivity contribution in [2.45, 2.75) is 57.7 Å². The van der Waals surface area contributed by atoms with Crippen LogP contribution in [0.25, 0.3) is 0 Å². The van der Waals surface area contributed by atoms with Crippen LogP contribution in [0.5, 0.6) is 0 Å². The maximum atomic E-state index is 9.26. The van der Waals surface area contributed by atoms with Crippen molar-refractivity contribution >= 4 is 0 Å². The Morgan fingerprint density at radius 2 is 1.91 bits per heavy atom. The third kappa shape index (κ3) is 3.21. The van der Waals surface area contributed by atoms with E-state index in [4.69, 9.17) is 0 Å². The maximum absolute atomic E-state index is 9.26. The van der Waals surface area contributed by atoms with Gasteiger partial charge < -0.3 is 10.4 Å². The molecule has 2 nitrogen and oxygen atoms in total. The van der Waals surface area contributed by atoms with Gasteiger partial charge in [0.2, 0.25) is 0 Å². The highest BCUT2D eigenvalue weighted by molar-refractivity contribution is 4.85. The third-order valence-electron chi connectivity index (χ3n) is 2.04. The fourth-order valence-corrected chi connectivity index (χ4v) is 1.70. The normalized spacial score (nSPS) is 32.7. The molecule has 1 aliphatic carbocycles. The van der Waals surface area contributed by atoms with Gasteiger partial charge in [0, 0.05) is 11.6 Å². The molecule has 0 aromatic heterocycles. The SMILES string of the molecule is CC(C)(C)N[C@H]1CC[C@H](O)C1. The summed E-state index contributed by atoms with van der Waals surface area (Å²) < 4.78 is 0. The van der Waals surface area contributed by atoms with E-state index >= 15 is 0 Å². The summed E-state index contributed by atoms with van der Waals surface area (Å²) >= 11 is 0. The molecule has 0 radical (unpaired) electrons. The molecule has 1 fully saturated rings. The summed E-state index contributed by atoms with van der Waals surface area (Å²) in [6.45, 7) is 6.49. The molecule has 1 aliphatic rings. The van der Waals surface area contributed by atoms with Gasteiger partial charge >= 0.3 is 0 Å². The lowest BCUT2D eigenvalue weighted by atomic mass is 10.1. The molecule has 0 aliphatic heterocycles. The summed E-state index contributed by atoms with van der Waals surface area (Å²) in [6, 6.07) is 0.532. The molecule has 0 saturated heterocycles. The number of nitrogens with one attached hydrogen (secondary N) is 1. The van der Waals surface area contributed by atoms with Gasteiger partial charge in [-0.2, -0.15) is 0 Å². The van der Waals surface area contributed by atoms with E-state index in [9.17, 15) is 5.11 Å². The largest absolute Gasteiger partial charge is 0.393 e. The first-order chi connectivity index (χ1) is 4.97. The molecule has 0 heterocycles. The van der Waals surface area contributed by atoms with Gasteiger partial charge in [-0.1, -0.05) is 0 Å². The smallest absolute Gasteiger partial charge is 0.0555 e. The van der Waals surface area contributed by atoms with Crippen LogP contribution in [0.4, 0.5) is 0 Å². The monoisotopic (exact) mass is 157 g/mol. The average Bonchev–Trinajstić information content (AvgIpc) is 2.10. The zero-order valence-electron chi connectivity index (χ0n) is 7.72. The number of aliphatic hydroxyl groups is 1. The van der Waals surface area contributed by atoms with E-state index in [2.05, 4.69) is 26.1 Å². The van der Waals surface area contributed by atoms with Gasteiger partial charge in [-0.05, 0) is 40.0 Å². The molecule has 11 heavy (non-hydrogen) atoms. The maximum Gasteiger partial charge on any atom is 0.0555 e. The Labute approximate surface area is 69.0 Å². The molecule has 0 aromatic rings. The fourth-order valence-electron chi connectivity index (χ4n) is 1.70. The Balaban J connectivity index is 2.29. The van der Waals surface area contributed by atoms with Crippen molar-refractivity contribution in [3.63, 3.8) is 0 Å². The summed E-state index contributed by atoms with van der Waals surface area (Å²) in [6.07, 6.45) is 2.96. The van der Waals surface area contributed by atoms with Gasteiger partial charge in [-0.3, -0.25) is 0 Å². The highest BCUT2D eigenvalue weighted by atomic mass is 16.3. The molecule has 1 saturated carbocycles. The minimum Gasteiger partial charge on any atom is -0.393 e. The first kappa shape index (κ1) is 9.01. The molecular formula is C9H19NO. The van der Waals surface area contributed by atoms with Crippen molar-refractivity contribution in [2.24, 2.45) is 0 Å². The Kier molecular flexibility index (Phi) is 2.55. The van der Waals surface area contributed by atoms with Crippen LogP contribution in [-0.2, 0) is 0 Å². The molecule has 0 unspecified atom stereocenters. The lowest BCUT2D eigenvalue weighted by Crippen LogP contribution is -2.42. The predicted molar refractivity (Wildman–Crippen MR) is 46.5 cm³/mol. The van der Waals surface area contributed by atoms with Gasteiger partial charge in [0.25, 0.3) is 0 Å². The predicted octanol–water partition coefficient (Wildman–Crippen LogP) is 1.29. The highest BCUT2D eigenvalue weighted by Gasteiger charge is 2.25. The zero-order chi connectivity index (χ0) is 8.48. The molecule has 2 N–H and O–H groups in total. The van der Waals surface area contributed by atoms with E-state index in [0.29, 0.717) is 6.04 Å². The van der Waals surface area contributed by atoms with Crippen LogP contribution < -0.4 is 5.32 Å². The zero-order valence-corrected chi connectivity index (χ0v) is 7.72. The summed E-state index contributed by atoms with van der Waals surface area (Å²) in [4.78, 5) is 0. The molecule has 0 amide bonds. The van der Waals surface area contributed by atoms with Crippen LogP contribution in [0.15, 0.2) is 0 Å². The van der Waals surface area contributed by atoms with Crippen molar-refractivity contribution in [3.8, 4) is 0 Å². The first-order valence-electron chi connectivity index (χ1n) is 4.43. The van der Waals surface area contributed by atoms with Crippen LogP contribution >= 0.6 is 0 Å². The second kappa shape index (κ2) is 3.11. The summed E-state index contributed by atoms with van der Waals surface area (Å²) in [5, 5.41) is 12.7. The van der Waals surface area contributed by atoms with E-state index < -0.39 is 0 Å². The second-order valence-corrected chi connectivity index (χ2v) is 4.56. The van der Waals surface area contributed by atoms with Crippen LogP contribution in [0.1, 0.15) is 40.0 Å². The van der Waals surface area contributed by atoms with E-state index in [-0.39, 0.29) is 11.6 Å². The van der Waals surface area contributed by atoms with Crippen molar-refractivity contribution in [2.75, 3.05) is 0 Å². The quantitative estimate of drug-likeness (QED) is 0.601. The molecule has 2 atom stereocenters. The first-order valence-corrected chi connectivity index (χ1v) is 4.43. The van der Waals surface area contributed by atoms with E-state index in [1.807, 2.05) is 0 Å². The molecule has 0 aromatic carbocycles. The number of hydrogen-bond acceptors (Lipinski definition) is 2. The van der Waals surface area contributed by atoms with Gasteiger partial charge in [0.1, 0.15) is 0 Å². The Morgan fingerprint density at radius 3 is 2.27 bits per heavy atom. The van der Waals surface area contributed by atoms with E-state index in [0.717, 1.165) is 19.3 Å². The summed E-state index contributed by atoms with van der Waals surface area (Å²) in [5.41, 5.74) is 0.189. The van der Waals surface area contributed by atoms with E-state index in [1.54, 1.807) is 0 Å². The van der Waals surface area contributed by atoms with Gasteiger partial charge in [-0.25, -0.2) is 0 Å². The van der Waals surface area contributed by atoms with Crippen LogP contribution in [0, 0.1) is 0 Å². The van der Waals surface area contributed by atoms with Crippen LogP contribution in [0.3, 0.4) is 0 Å². The minimum atomic E-state index is -0.0603. The Bertz CT molecular complexity index is 128. The average molecular weight is 157 g/mol. The summed E-state index contributed by atoms with van der Waals surface area (Å²) in [5.74, 6) is 0. The lowest BCUT2D eigenvalue weighted by molar-refractivity contribution is 0.177. The topological polar surface area (TPSA) is 32.3 Å². The van der Waals surface area contributed by atoms with Crippen LogP contribution in [-0.4, -0.2) is 22.8 Å². The molecule has 0 bridgehead atoms. The van der Waals surface area contributed by atoms with E-state index in [1.165, 1.54) is 0 Å². The molecular weight excluding hydrogens is 138 g/mol. The van der Waals surface area contributed by atoms with Crippen molar-refractivity contribution in [3.05, 3.63) is 0 Å². The molecule has 0 spiro atoms. The van der Waals surface area contributed by atoms with Crippen molar-refractivity contribution in [1.29, 1.82) is 0 Å². The summed E-state index contributed by atoms with van der Waals surface area (Å²) in [7, 11) is 0. The van der Waals surface area contributed by atoms with Gasteiger partial charge in [0.05, 0.1) is 6.10 Å². The van der Waals surface area contributed by atoms with Crippen molar-refractivity contribution in [1.82, 2.24) is 5.32 Å². The molecule has 66 valence electrons. The fraction of sp³-hybridized carbons (Fsp3) is 1.00. The Morgan fingerprint density at radius 1 is 1.27 bits per heavy atom. The second-order valence-electron chi connectivity index (χ2n) is 4.56. The number of hydrogen-bond donors (Lipinski definition) is 2. The number of aliphatic hydroxyl groups excluding tert-OH is 1. The standard InChI is InChI=1S/C9H19NO/c1-9(2,3)10-7-4-5-8(11)6-7/h7-8,10-11H,4-6H2,1-3H3/t7-,8-/m0/s1. The Hall–Kier alpha value is -0.0800. The third-order valence-corrected chi connectivity index (χ3v) is 2.04. The minimum absolute atomic E-state index is 0.0603. The van der Waals surface area contributed by atoms with Crippen molar-refractivity contribution < 1.29 is 5.11 Å².